The molecule has 2 fully saturated rings. The zero-order valence-corrected chi connectivity index (χ0v) is 31.1. The van der Waals surface area contributed by atoms with Crippen molar-refractivity contribution in [2.24, 2.45) is 0 Å². The molecule has 51 heavy (non-hydrogen) atoms. The number of aryl methyl sites for hydroxylation is 2. The molecule has 12 nitrogen and oxygen atoms in total. The van der Waals surface area contributed by atoms with Gasteiger partial charge in [-0.2, -0.15) is 15.0 Å². The van der Waals surface area contributed by atoms with Gasteiger partial charge in [0.1, 0.15) is 0 Å². The van der Waals surface area contributed by atoms with Gasteiger partial charge in [0.25, 0.3) is 0 Å². The van der Waals surface area contributed by atoms with E-state index in [1.54, 1.807) is 0 Å². The maximum absolute atomic E-state index is 5.01. The highest BCUT2D eigenvalue weighted by atomic mass is 15.3. The van der Waals surface area contributed by atoms with Crippen LogP contribution in [0.4, 0.5) is 40.6 Å². The molecule has 0 amide bonds. The van der Waals surface area contributed by atoms with Gasteiger partial charge < -0.3 is 35.1 Å². The van der Waals surface area contributed by atoms with Gasteiger partial charge in [0.15, 0.2) is 0 Å². The van der Waals surface area contributed by atoms with Crippen LogP contribution in [0.2, 0.25) is 0 Å². The summed E-state index contributed by atoms with van der Waals surface area (Å²) in [6.07, 6.45) is 4.99. The Kier molecular flexibility index (Phi) is 10.3. The number of anilines is 7. The monoisotopic (exact) mass is 688 g/mol. The Balaban J connectivity index is 1.17. The lowest BCUT2D eigenvalue weighted by Gasteiger charge is -2.23. The van der Waals surface area contributed by atoms with E-state index in [4.69, 9.17) is 24.9 Å². The number of fused-ring (bicyclic) bond motifs is 2. The number of hydrogen-bond acceptors (Lipinski definition) is 12. The number of likely N-dealkylation sites (tertiary alicyclic amines) is 1. The molecule has 0 bridgehead atoms. The normalized spacial score (nSPS) is 15.8. The molecule has 2 aliphatic rings. The summed E-state index contributed by atoms with van der Waals surface area (Å²) in [5.74, 6) is 1.66. The highest BCUT2D eigenvalue weighted by Gasteiger charge is 2.20. The molecule has 0 spiro atoms. The van der Waals surface area contributed by atoms with E-state index in [0.717, 1.165) is 95.1 Å². The summed E-state index contributed by atoms with van der Waals surface area (Å²) < 4.78 is 0. The Morgan fingerprint density at radius 3 is 1.61 bits per heavy atom. The van der Waals surface area contributed by atoms with Gasteiger partial charge >= 0.3 is 0 Å². The fraction of sp³-hybridized carbons (Fsp3) is 0.462. The number of aromatic nitrogens is 5. The summed E-state index contributed by atoms with van der Waals surface area (Å²) in [5.41, 5.74) is 7.91. The first-order chi connectivity index (χ1) is 24.7. The van der Waals surface area contributed by atoms with Gasteiger partial charge in [-0.1, -0.05) is 0 Å². The average Bonchev–Trinajstić information content (AvgIpc) is 3.51. The Labute approximate surface area is 301 Å². The lowest BCUT2D eigenvalue weighted by Crippen LogP contribution is -2.33. The Hall–Kier alpha value is -4.81. The standard InChI is InChI=1S/C39H52N12/c1-27-23-35(47(3)4)31-25-29(11-13-33(31)40-27)42-37-44-38(43-30-12-14-34-32(26-30)36(48(5)6)24-28(2)41-34)46-39(45-37)51-20-10-19-50(21-22-51)18-9-17-49-15-7-8-16-49/h11-14,23-26H,7-10,15-22H2,1-6H3,(H2,42,43,44,45,46). The molecule has 3 aromatic heterocycles. The lowest BCUT2D eigenvalue weighted by molar-refractivity contribution is 0.257. The van der Waals surface area contributed by atoms with E-state index in [1.807, 2.05) is 26.0 Å². The molecule has 0 atom stereocenters. The molecule has 0 aliphatic carbocycles. The van der Waals surface area contributed by atoms with Crippen LogP contribution in [-0.2, 0) is 0 Å². The number of nitrogens with one attached hydrogen (secondary N) is 2. The molecule has 5 heterocycles. The third kappa shape index (κ3) is 8.23. The van der Waals surface area contributed by atoms with Crippen molar-refractivity contribution in [1.82, 2.24) is 34.7 Å². The second-order valence-corrected chi connectivity index (χ2v) is 14.4. The van der Waals surface area contributed by atoms with E-state index in [2.05, 4.69) is 99.7 Å². The second-order valence-electron chi connectivity index (χ2n) is 14.4. The second kappa shape index (κ2) is 15.2. The van der Waals surface area contributed by atoms with Gasteiger partial charge in [0.05, 0.1) is 11.0 Å². The lowest BCUT2D eigenvalue weighted by atomic mass is 10.1. The van der Waals surface area contributed by atoms with Crippen molar-refractivity contribution < 1.29 is 0 Å². The van der Waals surface area contributed by atoms with Crippen molar-refractivity contribution in [3.63, 3.8) is 0 Å². The minimum absolute atomic E-state index is 0.493. The fourth-order valence-electron chi connectivity index (χ4n) is 7.36. The largest absolute Gasteiger partial charge is 0.377 e. The molecule has 0 saturated carbocycles. The minimum Gasteiger partial charge on any atom is -0.377 e. The van der Waals surface area contributed by atoms with Gasteiger partial charge in [0, 0.05) is 92.7 Å². The Morgan fingerprint density at radius 1 is 0.569 bits per heavy atom. The van der Waals surface area contributed by atoms with Crippen molar-refractivity contribution in [2.75, 3.05) is 106 Å². The van der Waals surface area contributed by atoms with Crippen LogP contribution in [0.3, 0.4) is 0 Å². The Bertz CT molecular complexity index is 1870. The quantitative estimate of drug-likeness (QED) is 0.165. The SMILES string of the molecule is Cc1cc(N(C)C)c2cc(Nc3nc(Nc4ccc5nc(C)cc(N(C)C)c5c4)nc(N4CCCN(CCCN5CCCC5)CC4)n3)ccc2n1. The summed E-state index contributed by atoms with van der Waals surface area (Å²) in [4.78, 5) is 36.2. The number of pyridine rings is 2. The molecule has 7 rings (SSSR count). The zero-order valence-electron chi connectivity index (χ0n) is 31.1. The van der Waals surface area contributed by atoms with E-state index in [1.165, 1.54) is 38.9 Å². The highest BCUT2D eigenvalue weighted by molar-refractivity contribution is 5.95. The van der Waals surface area contributed by atoms with E-state index in [-0.39, 0.29) is 0 Å². The van der Waals surface area contributed by atoms with Gasteiger partial charge in [0.2, 0.25) is 17.8 Å². The molecular formula is C39H52N12. The summed E-state index contributed by atoms with van der Waals surface area (Å²) in [5, 5.41) is 9.16. The Morgan fingerprint density at radius 2 is 1.08 bits per heavy atom. The topological polar surface area (TPSA) is 105 Å². The molecule has 2 N–H and O–H groups in total. The maximum Gasteiger partial charge on any atom is 0.233 e. The van der Waals surface area contributed by atoms with Gasteiger partial charge in [-0.15, -0.1) is 0 Å². The fourth-order valence-corrected chi connectivity index (χ4v) is 7.36. The van der Waals surface area contributed by atoms with Crippen LogP contribution < -0.4 is 25.3 Å². The van der Waals surface area contributed by atoms with Crippen LogP contribution in [0.25, 0.3) is 21.8 Å². The predicted octanol–water partition coefficient (Wildman–Crippen LogP) is 6.20. The predicted molar refractivity (Wildman–Crippen MR) is 212 cm³/mol. The van der Waals surface area contributed by atoms with Crippen molar-refractivity contribution in [3.8, 4) is 0 Å². The molecule has 2 aromatic carbocycles. The molecule has 2 saturated heterocycles. The van der Waals surface area contributed by atoms with Gasteiger partial charge in [-0.25, -0.2) is 0 Å². The number of hydrogen-bond donors (Lipinski definition) is 2. The maximum atomic E-state index is 5.01. The molecule has 268 valence electrons. The van der Waals surface area contributed by atoms with E-state index in [0.29, 0.717) is 17.8 Å². The summed E-state index contributed by atoms with van der Waals surface area (Å²) in [6.45, 7) is 12.8. The third-order valence-electron chi connectivity index (χ3n) is 9.95. The van der Waals surface area contributed by atoms with E-state index < -0.39 is 0 Å². The molecule has 0 radical (unpaired) electrons. The molecular weight excluding hydrogens is 637 g/mol. The summed E-state index contributed by atoms with van der Waals surface area (Å²) >= 11 is 0. The van der Waals surface area contributed by atoms with Crippen LogP contribution >= 0.6 is 0 Å². The minimum atomic E-state index is 0.493. The van der Waals surface area contributed by atoms with Crippen molar-refractivity contribution in [2.45, 2.75) is 39.5 Å². The first-order valence-corrected chi connectivity index (χ1v) is 18.4. The summed E-state index contributed by atoms with van der Waals surface area (Å²) in [7, 11) is 8.25. The highest BCUT2D eigenvalue weighted by Crippen LogP contribution is 2.31. The first kappa shape index (κ1) is 34.6. The molecule has 5 aromatic rings. The molecule has 2 aliphatic heterocycles. The van der Waals surface area contributed by atoms with Crippen molar-refractivity contribution >= 4 is 62.4 Å². The number of rotatable bonds is 11. The van der Waals surface area contributed by atoms with Crippen molar-refractivity contribution in [3.05, 3.63) is 59.9 Å². The van der Waals surface area contributed by atoms with Crippen LogP contribution in [0.1, 0.15) is 37.1 Å². The van der Waals surface area contributed by atoms with E-state index >= 15 is 0 Å². The van der Waals surface area contributed by atoms with Crippen LogP contribution in [0, 0.1) is 13.8 Å². The molecule has 0 unspecified atom stereocenters. The van der Waals surface area contributed by atoms with Crippen molar-refractivity contribution in [1.29, 1.82) is 0 Å². The van der Waals surface area contributed by atoms with Gasteiger partial charge in [-0.05, 0) is 121 Å². The van der Waals surface area contributed by atoms with Gasteiger partial charge in [-0.3, -0.25) is 9.97 Å². The van der Waals surface area contributed by atoms with E-state index in [9.17, 15) is 0 Å². The zero-order chi connectivity index (χ0) is 35.5. The molecule has 12 heteroatoms. The first-order valence-electron chi connectivity index (χ1n) is 18.4. The average molecular weight is 689 g/mol. The third-order valence-corrected chi connectivity index (χ3v) is 9.95. The number of benzene rings is 2. The van der Waals surface area contributed by atoms with Crippen LogP contribution in [0.15, 0.2) is 48.5 Å². The van der Waals surface area contributed by atoms with Crippen LogP contribution in [0.5, 0.6) is 0 Å². The summed E-state index contributed by atoms with van der Waals surface area (Å²) in [6, 6.07) is 16.7. The van der Waals surface area contributed by atoms with Crippen LogP contribution in [-0.4, -0.2) is 115 Å². The smallest absolute Gasteiger partial charge is 0.233 e. The number of nitrogens with zero attached hydrogens (tertiary/aromatic N) is 10.